The van der Waals surface area contributed by atoms with Gasteiger partial charge in [0, 0.05) is 24.2 Å². The largest absolute Gasteiger partial charge is 0.326 e. The quantitative estimate of drug-likeness (QED) is 0.0674. The van der Waals surface area contributed by atoms with Gasteiger partial charge in [-0.2, -0.15) is 0 Å². The minimum absolute atomic E-state index is 0.0393. The molecular weight excluding hydrogens is 701 g/mol. The summed E-state index contributed by atoms with van der Waals surface area (Å²) in [6, 6.07) is 12.7. The molecule has 0 saturated heterocycles. The maximum atomic E-state index is 13.3. The first kappa shape index (κ1) is 48.5. The fraction of sp³-hybridized carbons (Fsp3) is 0.708. The average molecular weight is 781 g/mol. The molecule has 6 nitrogen and oxygen atoms in total. The second-order valence-electron chi connectivity index (χ2n) is 16.0. The highest BCUT2D eigenvalue weighted by molar-refractivity contribution is 7.91. The minimum Gasteiger partial charge on any atom is -0.326 e. The summed E-state index contributed by atoms with van der Waals surface area (Å²) >= 11 is 0. The van der Waals surface area contributed by atoms with Crippen molar-refractivity contribution in [1.29, 1.82) is 0 Å². The fourth-order valence-electron chi connectivity index (χ4n) is 7.33. The normalized spacial score (nSPS) is 11.5. The van der Waals surface area contributed by atoms with Crippen LogP contribution >= 0.6 is 0 Å². The molecule has 0 bridgehead atoms. The third-order valence-corrected chi connectivity index (χ3v) is 12.7. The topological polar surface area (TPSA) is 92.3 Å². The van der Waals surface area contributed by atoms with Crippen LogP contribution < -0.4 is 10.6 Å². The van der Waals surface area contributed by atoms with E-state index in [0.29, 0.717) is 24.2 Å². The van der Waals surface area contributed by atoms with E-state index in [1.165, 1.54) is 191 Å². The first-order chi connectivity index (χ1) is 26.9. The minimum atomic E-state index is -3.73. The van der Waals surface area contributed by atoms with Gasteiger partial charge in [0.25, 0.3) is 0 Å². The average Bonchev–Trinajstić information content (AvgIpc) is 3.18. The van der Waals surface area contributed by atoms with Crippen molar-refractivity contribution in [1.82, 2.24) is 0 Å². The van der Waals surface area contributed by atoms with Crippen LogP contribution in [0.15, 0.2) is 58.3 Å². The number of benzene rings is 2. The van der Waals surface area contributed by atoms with Crippen LogP contribution in [0, 0.1) is 0 Å². The zero-order valence-corrected chi connectivity index (χ0v) is 36.1. The molecule has 0 aliphatic carbocycles. The lowest BCUT2D eigenvalue weighted by atomic mass is 10.0. The van der Waals surface area contributed by atoms with Gasteiger partial charge in [-0.15, -0.1) is 0 Å². The Kier molecular flexibility index (Phi) is 28.6. The van der Waals surface area contributed by atoms with Crippen LogP contribution in [-0.2, 0) is 19.4 Å². The molecule has 0 fully saturated rings. The Hall–Kier alpha value is -2.67. The fourth-order valence-corrected chi connectivity index (χ4v) is 8.59. The Labute approximate surface area is 338 Å². The van der Waals surface area contributed by atoms with E-state index in [2.05, 4.69) is 24.5 Å². The molecule has 7 heteroatoms. The van der Waals surface area contributed by atoms with E-state index in [1.54, 1.807) is 24.3 Å². The molecule has 2 aromatic rings. The molecule has 0 aliphatic rings. The van der Waals surface area contributed by atoms with Gasteiger partial charge in [-0.3, -0.25) is 9.59 Å². The number of carbonyl (C=O) groups is 2. The van der Waals surface area contributed by atoms with Crippen LogP contribution in [-0.4, -0.2) is 20.2 Å². The van der Waals surface area contributed by atoms with Crippen molar-refractivity contribution in [3.05, 3.63) is 48.5 Å². The third-order valence-electron chi connectivity index (χ3n) is 10.9. The van der Waals surface area contributed by atoms with Gasteiger partial charge in [0.15, 0.2) is 0 Å². The van der Waals surface area contributed by atoms with Crippen molar-refractivity contribution in [2.75, 3.05) is 10.6 Å². The SMILES string of the molecule is CCCCCCCCCCCCCCCCCC(=O)Nc1ccc(S(=O)(=O)c2ccc(NC(=O)CCCCCCCCCCCCCCCCC)cc2)cc1. The summed E-state index contributed by atoms with van der Waals surface area (Å²) in [5, 5.41) is 5.81. The second kappa shape index (κ2) is 32.4. The Morgan fingerprint density at radius 1 is 0.364 bits per heavy atom. The smallest absolute Gasteiger partial charge is 0.224 e. The molecule has 2 amide bonds. The van der Waals surface area contributed by atoms with Crippen LogP contribution in [0.3, 0.4) is 0 Å². The van der Waals surface area contributed by atoms with Gasteiger partial charge in [0.1, 0.15) is 0 Å². The highest BCUT2D eigenvalue weighted by Gasteiger charge is 2.18. The zero-order valence-electron chi connectivity index (χ0n) is 35.3. The van der Waals surface area contributed by atoms with Gasteiger partial charge in [-0.05, 0) is 61.4 Å². The van der Waals surface area contributed by atoms with Crippen molar-refractivity contribution in [3.8, 4) is 0 Å². The summed E-state index contributed by atoms with van der Waals surface area (Å²) in [6.45, 7) is 4.54. The molecule has 312 valence electrons. The lowest BCUT2D eigenvalue weighted by Gasteiger charge is -2.09. The van der Waals surface area contributed by atoms with Gasteiger partial charge < -0.3 is 10.6 Å². The summed E-state index contributed by atoms with van der Waals surface area (Å²) in [4.78, 5) is 25.3. The molecule has 0 unspecified atom stereocenters. The maximum Gasteiger partial charge on any atom is 0.224 e. The van der Waals surface area contributed by atoms with Crippen molar-refractivity contribution in [2.24, 2.45) is 0 Å². The van der Waals surface area contributed by atoms with Crippen LogP contribution in [0.5, 0.6) is 0 Å². The molecule has 0 saturated carbocycles. The van der Waals surface area contributed by atoms with Crippen LogP contribution in [0.2, 0.25) is 0 Å². The first-order valence-electron chi connectivity index (χ1n) is 22.9. The zero-order chi connectivity index (χ0) is 39.7. The van der Waals surface area contributed by atoms with E-state index in [1.807, 2.05) is 0 Å². The van der Waals surface area contributed by atoms with Crippen LogP contribution in [0.1, 0.15) is 219 Å². The van der Waals surface area contributed by atoms with Gasteiger partial charge in [0.2, 0.25) is 21.7 Å². The molecule has 2 aromatic carbocycles. The van der Waals surface area contributed by atoms with E-state index in [-0.39, 0.29) is 21.6 Å². The number of amides is 2. The van der Waals surface area contributed by atoms with Crippen LogP contribution in [0.4, 0.5) is 11.4 Å². The number of hydrogen-bond acceptors (Lipinski definition) is 4. The Morgan fingerprint density at radius 3 is 0.818 bits per heavy atom. The lowest BCUT2D eigenvalue weighted by molar-refractivity contribution is -0.117. The van der Waals surface area contributed by atoms with E-state index >= 15 is 0 Å². The number of unbranched alkanes of at least 4 members (excludes halogenated alkanes) is 28. The van der Waals surface area contributed by atoms with Crippen LogP contribution in [0.25, 0.3) is 0 Å². The molecule has 0 atom stereocenters. The highest BCUT2D eigenvalue weighted by Crippen LogP contribution is 2.24. The van der Waals surface area contributed by atoms with E-state index < -0.39 is 9.84 Å². The lowest BCUT2D eigenvalue weighted by Crippen LogP contribution is -2.11. The molecule has 55 heavy (non-hydrogen) atoms. The van der Waals surface area contributed by atoms with Crippen molar-refractivity contribution in [2.45, 2.75) is 229 Å². The Balaban J connectivity index is 1.53. The standard InChI is InChI=1S/C48H80N2O4S/c1-3-5-7-9-11-13-15-17-19-21-23-25-27-29-31-33-47(51)49-43-35-39-45(40-36-43)55(53,54)46-41-37-44(38-42-46)50-48(52)34-32-30-28-26-24-22-20-18-16-14-12-10-8-6-4-2/h35-42H,3-34H2,1-2H3,(H,49,51)(H,50,52). The monoisotopic (exact) mass is 781 g/mol. The maximum absolute atomic E-state index is 13.3. The van der Waals surface area contributed by atoms with Gasteiger partial charge in [0.05, 0.1) is 9.79 Å². The molecular formula is C48H80N2O4S. The predicted octanol–water partition coefficient (Wildman–Crippen LogP) is 14.9. The third kappa shape index (κ3) is 24.5. The summed E-state index contributed by atoms with van der Waals surface area (Å²) in [5.41, 5.74) is 1.19. The van der Waals surface area contributed by atoms with Crippen molar-refractivity contribution in [3.63, 3.8) is 0 Å². The molecule has 0 spiro atoms. The summed E-state index contributed by atoms with van der Waals surface area (Å²) < 4.78 is 26.5. The number of sulfone groups is 1. The molecule has 0 aliphatic heterocycles. The molecule has 2 N–H and O–H groups in total. The number of nitrogens with one attached hydrogen (secondary N) is 2. The first-order valence-corrected chi connectivity index (χ1v) is 24.4. The Morgan fingerprint density at radius 2 is 0.582 bits per heavy atom. The van der Waals surface area contributed by atoms with Crippen molar-refractivity contribution < 1.29 is 18.0 Å². The Bertz CT molecular complexity index is 1240. The molecule has 0 heterocycles. The predicted molar refractivity (Wildman–Crippen MR) is 235 cm³/mol. The number of hydrogen-bond donors (Lipinski definition) is 2. The molecule has 0 aromatic heterocycles. The molecule has 0 radical (unpaired) electrons. The van der Waals surface area contributed by atoms with E-state index in [4.69, 9.17) is 0 Å². The summed E-state index contributed by atoms with van der Waals surface area (Å²) in [7, 11) is -3.73. The second-order valence-corrected chi connectivity index (χ2v) is 18.0. The van der Waals surface area contributed by atoms with Gasteiger partial charge in [-0.1, -0.05) is 194 Å². The molecule has 2 rings (SSSR count). The van der Waals surface area contributed by atoms with E-state index in [9.17, 15) is 18.0 Å². The number of carbonyl (C=O) groups excluding carboxylic acids is 2. The van der Waals surface area contributed by atoms with E-state index in [0.717, 1.165) is 25.7 Å². The number of rotatable bonds is 36. The number of anilines is 2. The summed E-state index contributed by atoms with van der Waals surface area (Å²) in [6.07, 6.45) is 39.7. The van der Waals surface area contributed by atoms with Gasteiger partial charge >= 0.3 is 0 Å². The highest BCUT2D eigenvalue weighted by atomic mass is 32.2. The van der Waals surface area contributed by atoms with Gasteiger partial charge in [-0.25, -0.2) is 8.42 Å². The van der Waals surface area contributed by atoms with Crippen molar-refractivity contribution >= 4 is 33.0 Å². The summed E-state index contributed by atoms with van der Waals surface area (Å²) in [5.74, 6) is -0.0787.